The van der Waals surface area contributed by atoms with E-state index in [0.29, 0.717) is 6.42 Å². The fraction of sp³-hybridized carbons (Fsp3) is 0.667. The van der Waals surface area contributed by atoms with Crippen LogP contribution in [0.4, 0.5) is 0 Å². The summed E-state index contributed by atoms with van der Waals surface area (Å²) in [6, 6.07) is -10.5. The van der Waals surface area contributed by atoms with Gasteiger partial charge < -0.3 is 92.9 Å². The molecule has 378 valence electrons. The van der Waals surface area contributed by atoms with Gasteiger partial charge in [0.25, 0.3) is 0 Å². The van der Waals surface area contributed by atoms with Gasteiger partial charge in [0.15, 0.2) is 11.9 Å². The van der Waals surface area contributed by atoms with E-state index in [9.17, 15) is 58.2 Å². The minimum absolute atomic E-state index is 0.0000806. The summed E-state index contributed by atoms with van der Waals surface area (Å²) in [6.45, 7) is -0.148. The molecule has 1 rings (SSSR count). The van der Waals surface area contributed by atoms with Crippen molar-refractivity contribution in [1.82, 2.24) is 42.5 Å². The zero-order valence-electron chi connectivity index (χ0n) is 37.0. The van der Waals surface area contributed by atoms with Gasteiger partial charge in [0, 0.05) is 24.6 Å². The van der Waals surface area contributed by atoms with Gasteiger partial charge in [-0.15, -0.1) is 0 Å². The molecule has 24 N–H and O–H groups in total. The summed E-state index contributed by atoms with van der Waals surface area (Å²) in [4.78, 5) is 139. The van der Waals surface area contributed by atoms with Gasteiger partial charge in [-0.3, -0.25) is 53.1 Å². The number of guanidine groups is 2. The largest absolute Gasteiger partial charge is 0.480 e. The number of aliphatic imine (C=N–C) groups is 2. The minimum Gasteiger partial charge on any atom is -0.480 e. The van der Waals surface area contributed by atoms with Gasteiger partial charge in [-0.25, -0.2) is 4.79 Å². The molecule has 0 aliphatic carbocycles. The van der Waals surface area contributed by atoms with Gasteiger partial charge in [-0.2, -0.15) is 0 Å². The summed E-state index contributed by atoms with van der Waals surface area (Å²) < 4.78 is 0. The third kappa shape index (κ3) is 24.8. The standard InChI is InChI=1S/C36H65N17O12S2/c1-17(54)27-33(63)52-19(7-4-10-44-35(40)41)29(59)47-14-26(57)49-23(34(64)65)16-67-66-15-18(38)28(58)46-13-25(56)48-22(12-24(39)55)32(62)51-20(6-2-3-9-37)30(60)50-21(31(61)53-27)8-5-11-45-36(42)43/h17-23,27,54H,2-16,37-38H2,1H3,(H2,39,55)(H,46,58)(H,47,59)(H,48,56)(H,49,57)(H,50,60)(H,51,62)(H,52,63)(H,53,61)(H,64,65)(H4,40,41,44)(H4,42,43,45)/t17-,18+,19+,20+,21+,22?,23?,27+/m1/s1. The van der Waals surface area contributed by atoms with Crippen LogP contribution in [0.3, 0.4) is 0 Å². The van der Waals surface area contributed by atoms with E-state index >= 15 is 0 Å². The van der Waals surface area contributed by atoms with Gasteiger partial charge >= 0.3 is 5.97 Å². The van der Waals surface area contributed by atoms with E-state index in [1.807, 2.05) is 0 Å². The number of nitrogens with two attached hydrogens (primary N) is 7. The van der Waals surface area contributed by atoms with Crippen molar-refractivity contribution in [3.63, 3.8) is 0 Å². The number of hydrogen-bond donors (Lipinski definition) is 17. The second-order valence-corrected chi connectivity index (χ2v) is 17.5. The molecule has 0 saturated carbocycles. The van der Waals surface area contributed by atoms with Crippen molar-refractivity contribution in [2.75, 3.05) is 44.2 Å². The topological polar surface area (TPSA) is 514 Å². The monoisotopic (exact) mass is 991 g/mol. The number of carboxylic acid groups (broad SMARTS) is 1. The molecule has 67 heavy (non-hydrogen) atoms. The van der Waals surface area contributed by atoms with E-state index in [4.69, 9.17) is 40.1 Å². The van der Waals surface area contributed by atoms with Crippen molar-refractivity contribution < 1.29 is 58.2 Å². The Labute approximate surface area is 393 Å². The highest BCUT2D eigenvalue weighted by atomic mass is 33.1. The molecule has 9 amide bonds. The van der Waals surface area contributed by atoms with Crippen LogP contribution in [0, 0.1) is 0 Å². The van der Waals surface area contributed by atoms with E-state index < -0.39 is 127 Å². The number of hydrogen-bond acceptors (Lipinski definition) is 17. The van der Waals surface area contributed by atoms with Gasteiger partial charge in [-0.05, 0) is 58.4 Å². The molecule has 0 radical (unpaired) electrons. The molecule has 0 bridgehead atoms. The molecule has 8 atom stereocenters. The smallest absolute Gasteiger partial charge is 0.327 e. The molecule has 1 heterocycles. The molecule has 1 saturated heterocycles. The van der Waals surface area contributed by atoms with Crippen LogP contribution in [0.2, 0.25) is 0 Å². The fourth-order valence-corrected chi connectivity index (χ4v) is 8.03. The first kappa shape index (κ1) is 58.8. The van der Waals surface area contributed by atoms with Gasteiger partial charge in [0.05, 0.1) is 31.7 Å². The molecule has 1 aliphatic heterocycles. The Kier molecular flexibility index (Phi) is 27.8. The number of nitrogens with zero attached hydrogens (tertiary/aromatic N) is 2. The third-order valence-corrected chi connectivity index (χ3v) is 11.7. The molecule has 0 spiro atoms. The van der Waals surface area contributed by atoms with E-state index in [1.54, 1.807) is 0 Å². The Balaban J connectivity index is 3.71. The van der Waals surface area contributed by atoms with E-state index in [-0.39, 0.29) is 81.6 Å². The predicted molar refractivity (Wildman–Crippen MR) is 246 cm³/mol. The van der Waals surface area contributed by atoms with Crippen LogP contribution in [0.5, 0.6) is 0 Å². The summed E-state index contributed by atoms with van der Waals surface area (Å²) in [5.74, 6) is -11.1. The van der Waals surface area contributed by atoms with Gasteiger partial charge in [0.1, 0.15) is 36.3 Å². The van der Waals surface area contributed by atoms with Crippen molar-refractivity contribution in [3.8, 4) is 0 Å². The van der Waals surface area contributed by atoms with Crippen molar-refractivity contribution in [2.24, 2.45) is 50.1 Å². The second kappa shape index (κ2) is 31.7. The maximum atomic E-state index is 13.9. The highest BCUT2D eigenvalue weighted by molar-refractivity contribution is 8.76. The molecule has 2 unspecified atom stereocenters. The Morgan fingerprint density at radius 2 is 1.09 bits per heavy atom. The number of aliphatic hydroxyl groups is 1. The van der Waals surface area contributed by atoms with Gasteiger partial charge in [0.2, 0.25) is 53.2 Å². The zero-order valence-corrected chi connectivity index (χ0v) is 38.6. The number of nitrogens with one attached hydrogen (secondary N) is 8. The van der Waals surface area contributed by atoms with Gasteiger partial charge in [-0.1, -0.05) is 21.6 Å². The Morgan fingerprint density at radius 1 is 0.627 bits per heavy atom. The molecule has 29 nitrogen and oxygen atoms in total. The quantitative estimate of drug-likeness (QED) is 0.0295. The van der Waals surface area contributed by atoms with Crippen molar-refractivity contribution in [3.05, 3.63) is 0 Å². The van der Waals surface area contributed by atoms with Crippen LogP contribution in [0.15, 0.2) is 9.98 Å². The normalized spacial score (nSPS) is 24.4. The van der Waals surface area contributed by atoms with Crippen LogP contribution >= 0.6 is 21.6 Å². The fourth-order valence-electron chi connectivity index (χ4n) is 5.75. The molecule has 0 aromatic heterocycles. The number of primary amides is 1. The first-order valence-corrected chi connectivity index (χ1v) is 23.4. The van der Waals surface area contributed by atoms with E-state index in [0.717, 1.165) is 28.5 Å². The van der Waals surface area contributed by atoms with Crippen LogP contribution < -0.4 is 82.7 Å². The van der Waals surface area contributed by atoms with Crippen molar-refractivity contribution in [2.45, 2.75) is 107 Å². The number of amides is 9. The van der Waals surface area contributed by atoms with E-state index in [2.05, 4.69) is 52.5 Å². The maximum absolute atomic E-state index is 13.9. The highest BCUT2D eigenvalue weighted by Crippen LogP contribution is 2.22. The van der Waals surface area contributed by atoms with Crippen LogP contribution in [0.25, 0.3) is 0 Å². The number of carbonyl (C=O) groups excluding carboxylic acids is 9. The first-order chi connectivity index (χ1) is 31.5. The summed E-state index contributed by atoms with van der Waals surface area (Å²) in [6.07, 6.45) is -1.95. The number of rotatable bonds is 16. The molecular formula is C36H65N17O12S2. The minimum atomic E-state index is -1.78. The predicted octanol–water partition coefficient (Wildman–Crippen LogP) is -8.57. The van der Waals surface area contributed by atoms with Crippen molar-refractivity contribution in [1.29, 1.82) is 0 Å². The molecule has 31 heteroatoms. The van der Waals surface area contributed by atoms with Crippen LogP contribution in [0.1, 0.15) is 58.3 Å². The van der Waals surface area contributed by atoms with Crippen LogP contribution in [-0.4, -0.2) is 174 Å². The summed E-state index contributed by atoms with van der Waals surface area (Å²) in [7, 11) is 1.90. The zero-order chi connectivity index (χ0) is 50.6. The Hall–Kier alpha value is -6.18. The van der Waals surface area contributed by atoms with E-state index in [1.165, 1.54) is 0 Å². The van der Waals surface area contributed by atoms with Crippen molar-refractivity contribution >= 4 is 92.6 Å². The number of aliphatic hydroxyl groups excluding tert-OH is 1. The first-order valence-electron chi connectivity index (χ1n) is 20.9. The lowest BCUT2D eigenvalue weighted by molar-refractivity contribution is -0.141. The molecule has 1 aliphatic rings. The Morgan fingerprint density at radius 3 is 1.60 bits per heavy atom. The lowest BCUT2D eigenvalue weighted by atomic mass is 10.0. The average molecular weight is 992 g/mol. The number of aliphatic carboxylic acids is 1. The molecule has 1 fully saturated rings. The number of carboxylic acids is 1. The number of unbranched alkanes of at least 4 members (excludes halogenated alkanes) is 1. The lowest BCUT2D eigenvalue weighted by Crippen LogP contribution is -2.61. The lowest BCUT2D eigenvalue weighted by Gasteiger charge is -2.28. The molecule has 0 aromatic carbocycles. The summed E-state index contributed by atoms with van der Waals surface area (Å²) in [5, 5.41) is 39.3. The summed E-state index contributed by atoms with van der Waals surface area (Å²) in [5.41, 5.74) is 38.6. The maximum Gasteiger partial charge on any atom is 0.327 e. The highest BCUT2D eigenvalue weighted by Gasteiger charge is 2.35. The molecule has 0 aromatic rings. The SMILES string of the molecule is C[C@@H](O)[C@@H]1NC(=O)[C@H](CCCN=C(N)N)NC(=O)[C@H](CCCCN)NC(=O)C(CC(N)=O)NC(=O)CNC(=O)[C@@H](N)CSSCC(C(=O)O)NC(=O)CNC(=O)[C@H](CCCN=C(N)N)NC1=O. The second-order valence-electron chi connectivity index (χ2n) is 15.0. The average Bonchev–Trinajstić information content (AvgIpc) is 3.25. The van der Waals surface area contributed by atoms with Crippen LogP contribution in [-0.2, 0) is 47.9 Å². The Bertz CT molecular complexity index is 1790. The summed E-state index contributed by atoms with van der Waals surface area (Å²) >= 11 is 0. The molecular weight excluding hydrogens is 927 g/mol. The third-order valence-electron chi connectivity index (χ3n) is 9.24. The number of carbonyl (C=O) groups is 10.